The highest BCUT2D eigenvalue weighted by Crippen LogP contribution is 2.14. The van der Waals surface area contributed by atoms with Crippen molar-refractivity contribution in [3.63, 3.8) is 0 Å². The minimum atomic E-state index is -0.0765. The van der Waals surface area contributed by atoms with Crippen molar-refractivity contribution in [2.24, 2.45) is 0 Å². The van der Waals surface area contributed by atoms with Gasteiger partial charge in [-0.1, -0.05) is 12.1 Å². The predicted octanol–water partition coefficient (Wildman–Crippen LogP) is 1.74. The van der Waals surface area contributed by atoms with Crippen LogP contribution in [0.1, 0.15) is 18.7 Å². The van der Waals surface area contributed by atoms with E-state index in [1.54, 1.807) is 0 Å². The molecule has 124 valence electrons. The van der Waals surface area contributed by atoms with Gasteiger partial charge in [-0.15, -0.1) is 0 Å². The Labute approximate surface area is 136 Å². The van der Waals surface area contributed by atoms with Gasteiger partial charge in [-0.2, -0.15) is 0 Å². The van der Waals surface area contributed by atoms with E-state index in [2.05, 4.69) is 38.2 Å². The van der Waals surface area contributed by atoms with Crippen molar-refractivity contribution in [3.8, 4) is 0 Å². The first-order chi connectivity index (χ1) is 11.1. The summed E-state index contributed by atoms with van der Waals surface area (Å²) >= 11 is 0. The van der Waals surface area contributed by atoms with Crippen molar-refractivity contribution in [2.45, 2.75) is 32.4 Å². The van der Waals surface area contributed by atoms with Gasteiger partial charge < -0.3 is 20.1 Å². The second kappa shape index (κ2) is 7.00. The number of urea groups is 1. The number of nitrogens with one attached hydrogen (secondary N) is 2. The zero-order valence-electron chi connectivity index (χ0n) is 13.9. The molecule has 0 radical (unpaired) electrons. The van der Waals surface area contributed by atoms with Crippen LogP contribution in [0.2, 0.25) is 0 Å². The highest BCUT2D eigenvalue weighted by Gasteiger charge is 2.18. The van der Waals surface area contributed by atoms with Gasteiger partial charge in [0, 0.05) is 25.7 Å². The van der Waals surface area contributed by atoms with Gasteiger partial charge in [-0.25, -0.2) is 9.78 Å². The third-order valence-corrected chi connectivity index (χ3v) is 4.43. The van der Waals surface area contributed by atoms with Gasteiger partial charge in [-0.3, -0.25) is 0 Å². The zero-order chi connectivity index (χ0) is 16.2. The Morgan fingerprint density at radius 3 is 3.04 bits per heavy atom. The maximum Gasteiger partial charge on any atom is 0.315 e. The topological polar surface area (TPSA) is 62.2 Å². The number of para-hydroxylation sites is 2. The van der Waals surface area contributed by atoms with Gasteiger partial charge in [0.15, 0.2) is 0 Å². The predicted molar refractivity (Wildman–Crippen MR) is 91.5 cm³/mol. The second-order valence-electron chi connectivity index (χ2n) is 6.30. The van der Waals surface area contributed by atoms with Crippen LogP contribution in [0, 0.1) is 6.92 Å². The number of carbonyl (C=O) groups excluding carboxylic acids is 1. The molecular weight excluding hydrogens is 290 g/mol. The minimum Gasteiger partial charge on any atom is -0.336 e. The molecule has 1 aliphatic heterocycles. The van der Waals surface area contributed by atoms with Crippen LogP contribution in [0.4, 0.5) is 4.79 Å². The van der Waals surface area contributed by atoms with Crippen LogP contribution in [-0.2, 0) is 6.54 Å². The number of carbonyl (C=O) groups is 1. The molecule has 1 atom stereocenters. The SMILES string of the molecule is Cc1nc2ccccc2n1CCNC(=O)NC1CCCN(C)C1. The van der Waals surface area contributed by atoms with Gasteiger partial charge in [0.25, 0.3) is 0 Å². The number of nitrogens with zero attached hydrogens (tertiary/aromatic N) is 3. The first-order valence-electron chi connectivity index (χ1n) is 8.28. The van der Waals surface area contributed by atoms with E-state index in [0.717, 1.165) is 49.3 Å². The van der Waals surface area contributed by atoms with Crippen LogP contribution in [0.15, 0.2) is 24.3 Å². The van der Waals surface area contributed by atoms with Crippen LogP contribution < -0.4 is 10.6 Å². The molecule has 1 aromatic heterocycles. The van der Waals surface area contributed by atoms with Crippen LogP contribution in [0.3, 0.4) is 0 Å². The van der Waals surface area contributed by atoms with E-state index in [4.69, 9.17) is 0 Å². The number of likely N-dealkylation sites (tertiary alicyclic amines) is 1. The van der Waals surface area contributed by atoms with E-state index in [1.165, 1.54) is 0 Å². The summed E-state index contributed by atoms with van der Waals surface area (Å²) in [4.78, 5) is 18.8. The Bertz CT molecular complexity index is 681. The lowest BCUT2D eigenvalue weighted by Crippen LogP contribution is -2.49. The van der Waals surface area contributed by atoms with Crippen molar-refractivity contribution in [2.75, 3.05) is 26.7 Å². The first-order valence-corrected chi connectivity index (χ1v) is 8.28. The Morgan fingerprint density at radius 2 is 2.22 bits per heavy atom. The van der Waals surface area contributed by atoms with Crippen molar-refractivity contribution in [3.05, 3.63) is 30.1 Å². The Balaban J connectivity index is 1.50. The largest absolute Gasteiger partial charge is 0.336 e. The molecule has 0 aliphatic carbocycles. The van der Waals surface area contributed by atoms with Crippen LogP contribution >= 0.6 is 0 Å². The van der Waals surface area contributed by atoms with E-state index < -0.39 is 0 Å². The summed E-state index contributed by atoms with van der Waals surface area (Å²) in [7, 11) is 2.10. The zero-order valence-corrected chi connectivity index (χ0v) is 13.9. The molecule has 6 heteroatoms. The number of fused-ring (bicyclic) bond motifs is 1. The van der Waals surface area contributed by atoms with Crippen LogP contribution in [0.25, 0.3) is 11.0 Å². The fourth-order valence-electron chi connectivity index (χ4n) is 3.28. The van der Waals surface area contributed by atoms with E-state index in [9.17, 15) is 4.79 Å². The number of benzene rings is 1. The fourth-order valence-corrected chi connectivity index (χ4v) is 3.28. The molecule has 1 saturated heterocycles. The summed E-state index contributed by atoms with van der Waals surface area (Å²) in [6, 6.07) is 8.26. The normalized spacial score (nSPS) is 19.0. The molecule has 0 spiro atoms. The Kier molecular flexibility index (Phi) is 4.81. The lowest BCUT2D eigenvalue weighted by molar-refractivity contribution is 0.209. The molecule has 3 rings (SSSR count). The van der Waals surface area contributed by atoms with E-state index in [0.29, 0.717) is 6.54 Å². The molecule has 2 amide bonds. The molecule has 0 bridgehead atoms. The molecule has 1 fully saturated rings. The number of likely N-dealkylation sites (N-methyl/N-ethyl adjacent to an activating group) is 1. The van der Waals surface area contributed by atoms with Gasteiger partial charge in [0.05, 0.1) is 11.0 Å². The third-order valence-electron chi connectivity index (χ3n) is 4.43. The number of hydrogen-bond acceptors (Lipinski definition) is 3. The van der Waals surface area contributed by atoms with Gasteiger partial charge in [0.1, 0.15) is 5.82 Å². The molecule has 23 heavy (non-hydrogen) atoms. The monoisotopic (exact) mass is 315 g/mol. The summed E-state index contributed by atoms with van der Waals surface area (Å²) in [5.74, 6) is 0.974. The van der Waals surface area contributed by atoms with Crippen molar-refractivity contribution in [1.82, 2.24) is 25.1 Å². The molecule has 2 N–H and O–H groups in total. The molecular formula is C17H25N5O. The molecule has 2 aromatic rings. The van der Waals surface area contributed by atoms with Gasteiger partial charge in [0.2, 0.25) is 0 Å². The average Bonchev–Trinajstić information content (AvgIpc) is 2.83. The van der Waals surface area contributed by atoms with Gasteiger partial charge >= 0.3 is 6.03 Å². The van der Waals surface area contributed by atoms with Crippen LogP contribution in [0.5, 0.6) is 0 Å². The average molecular weight is 315 g/mol. The smallest absolute Gasteiger partial charge is 0.315 e. The Morgan fingerprint density at radius 1 is 1.39 bits per heavy atom. The number of aryl methyl sites for hydroxylation is 1. The molecule has 0 saturated carbocycles. The highest BCUT2D eigenvalue weighted by atomic mass is 16.2. The van der Waals surface area contributed by atoms with E-state index in [-0.39, 0.29) is 12.1 Å². The number of aromatic nitrogens is 2. The molecule has 1 aliphatic rings. The maximum absolute atomic E-state index is 12.0. The summed E-state index contributed by atoms with van der Waals surface area (Å²) in [5.41, 5.74) is 2.11. The summed E-state index contributed by atoms with van der Waals surface area (Å²) < 4.78 is 2.14. The van der Waals surface area contributed by atoms with E-state index >= 15 is 0 Å². The van der Waals surface area contributed by atoms with Crippen molar-refractivity contribution >= 4 is 17.1 Å². The number of piperidine rings is 1. The van der Waals surface area contributed by atoms with Crippen LogP contribution in [-0.4, -0.2) is 53.2 Å². The maximum atomic E-state index is 12.0. The number of rotatable bonds is 4. The summed E-state index contributed by atoms with van der Waals surface area (Å²) in [6.45, 7) is 5.36. The third kappa shape index (κ3) is 3.82. The molecule has 1 aromatic carbocycles. The number of amides is 2. The highest BCUT2D eigenvalue weighted by molar-refractivity contribution is 5.76. The van der Waals surface area contributed by atoms with E-state index in [1.807, 2.05) is 25.1 Å². The van der Waals surface area contributed by atoms with Gasteiger partial charge in [-0.05, 0) is 45.5 Å². The molecule has 2 heterocycles. The molecule has 1 unspecified atom stereocenters. The number of hydrogen-bond donors (Lipinski definition) is 2. The quantitative estimate of drug-likeness (QED) is 0.903. The Hall–Kier alpha value is -2.08. The fraction of sp³-hybridized carbons (Fsp3) is 0.529. The number of imidazole rings is 1. The summed E-state index contributed by atoms with van der Waals surface area (Å²) in [6.07, 6.45) is 2.20. The minimum absolute atomic E-state index is 0.0765. The van der Waals surface area contributed by atoms with Crippen molar-refractivity contribution in [1.29, 1.82) is 0 Å². The second-order valence-corrected chi connectivity index (χ2v) is 6.30. The lowest BCUT2D eigenvalue weighted by Gasteiger charge is -2.30. The standard InChI is InChI=1S/C17H25N5O/c1-13-19-15-7-3-4-8-16(15)22(13)11-9-18-17(23)20-14-6-5-10-21(2)12-14/h3-4,7-8,14H,5-6,9-12H2,1-2H3,(H2,18,20,23). The first kappa shape index (κ1) is 15.8. The molecule has 6 nitrogen and oxygen atoms in total. The lowest BCUT2D eigenvalue weighted by atomic mass is 10.1. The summed E-state index contributed by atoms with van der Waals surface area (Å²) in [5, 5.41) is 6.02. The van der Waals surface area contributed by atoms with Crippen molar-refractivity contribution < 1.29 is 4.79 Å².